The molecule has 0 fully saturated rings. The second-order valence-corrected chi connectivity index (χ2v) is 6.94. The van der Waals surface area contributed by atoms with E-state index in [2.05, 4.69) is 5.32 Å². The molecule has 1 amide bonds. The third kappa shape index (κ3) is 4.46. The van der Waals surface area contributed by atoms with Gasteiger partial charge in [-0.2, -0.15) is 0 Å². The molecule has 2 aromatic carbocycles. The zero-order valence-corrected chi connectivity index (χ0v) is 15.1. The predicted octanol–water partition coefficient (Wildman–Crippen LogP) is 4.53. The number of thioether (sulfide) groups is 1. The number of rotatable bonds is 6. The minimum absolute atomic E-state index is 0.00641. The molecule has 6 heteroatoms. The van der Waals surface area contributed by atoms with Gasteiger partial charge in [0.05, 0.1) is 0 Å². The number of phenolic OH excluding ortho intramolecular Hbond substituents is 1. The molecule has 0 spiro atoms. The van der Waals surface area contributed by atoms with E-state index >= 15 is 0 Å². The van der Waals surface area contributed by atoms with E-state index in [-0.39, 0.29) is 11.7 Å². The lowest BCUT2D eigenvalue weighted by Crippen LogP contribution is -2.10. The van der Waals surface area contributed by atoms with E-state index in [0.29, 0.717) is 23.3 Å². The van der Waals surface area contributed by atoms with Crippen molar-refractivity contribution < 1.29 is 14.3 Å². The molecule has 3 aromatic rings. The van der Waals surface area contributed by atoms with Crippen LogP contribution in [0, 0.1) is 0 Å². The smallest absolute Gasteiger partial charge is 0.340 e. The Morgan fingerprint density at radius 1 is 1.19 bits per heavy atom. The summed E-state index contributed by atoms with van der Waals surface area (Å²) >= 11 is 1.49. The molecule has 0 atom stereocenters. The van der Waals surface area contributed by atoms with Gasteiger partial charge in [-0.15, -0.1) is 11.8 Å². The molecule has 5 nitrogen and oxygen atoms in total. The van der Waals surface area contributed by atoms with Crippen molar-refractivity contribution in [1.82, 2.24) is 0 Å². The van der Waals surface area contributed by atoms with E-state index in [9.17, 15) is 14.7 Å². The van der Waals surface area contributed by atoms with Crippen LogP contribution in [-0.2, 0) is 10.5 Å². The first-order chi connectivity index (χ1) is 12.5. The van der Waals surface area contributed by atoms with Crippen LogP contribution in [0.4, 0.5) is 5.69 Å². The molecule has 3 rings (SSSR count). The summed E-state index contributed by atoms with van der Waals surface area (Å²) in [4.78, 5) is 24.8. The quantitative estimate of drug-likeness (QED) is 0.493. The van der Waals surface area contributed by atoms with Crippen LogP contribution in [0.1, 0.15) is 25.3 Å². The van der Waals surface area contributed by atoms with Crippen LogP contribution in [0.2, 0.25) is 0 Å². The molecular weight excluding hydrogens is 350 g/mol. The molecule has 134 valence electrons. The van der Waals surface area contributed by atoms with Gasteiger partial charge in [-0.05, 0) is 42.8 Å². The number of phenols is 1. The number of aromatic hydroxyl groups is 1. The molecule has 0 unspecified atom stereocenters. The van der Waals surface area contributed by atoms with Gasteiger partial charge in [0.25, 0.3) is 0 Å². The van der Waals surface area contributed by atoms with Gasteiger partial charge in [0.2, 0.25) is 5.91 Å². The topological polar surface area (TPSA) is 79.5 Å². The number of fused-ring (bicyclic) bond motifs is 1. The van der Waals surface area contributed by atoms with E-state index in [0.717, 1.165) is 22.4 Å². The standard InChI is InChI=1S/C20H19NO4S/c1-2-4-19(23)21-15-5-3-6-17(10-15)26-12-14-9-13-7-8-16(22)11-18(13)25-20(14)24/h3,5-11,22H,2,4,12H2,1H3,(H,21,23). The van der Waals surface area contributed by atoms with Gasteiger partial charge in [0.15, 0.2) is 0 Å². The van der Waals surface area contributed by atoms with Crippen molar-refractivity contribution in [2.45, 2.75) is 30.4 Å². The van der Waals surface area contributed by atoms with Crippen molar-refractivity contribution in [2.75, 3.05) is 5.32 Å². The van der Waals surface area contributed by atoms with Gasteiger partial charge in [0, 0.05) is 39.8 Å². The molecule has 0 aliphatic heterocycles. The van der Waals surface area contributed by atoms with E-state index < -0.39 is 5.63 Å². The molecule has 0 saturated heterocycles. The van der Waals surface area contributed by atoms with E-state index in [1.807, 2.05) is 31.2 Å². The Morgan fingerprint density at radius 3 is 2.85 bits per heavy atom. The van der Waals surface area contributed by atoms with Gasteiger partial charge in [-0.25, -0.2) is 4.79 Å². The molecule has 0 aliphatic rings. The molecule has 0 aliphatic carbocycles. The third-order valence-corrected chi connectivity index (χ3v) is 4.82. The Hall–Kier alpha value is -2.73. The van der Waals surface area contributed by atoms with Crippen LogP contribution < -0.4 is 10.9 Å². The highest BCUT2D eigenvalue weighted by molar-refractivity contribution is 7.98. The summed E-state index contributed by atoms with van der Waals surface area (Å²) in [6.07, 6.45) is 1.29. The minimum Gasteiger partial charge on any atom is -0.508 e. The third-order valence-electron chi connectivity index (χ3n) is 3.78. The largest absolute Gasteiger partial charge is 0.508 e. The fourth-order valence-corrected chi connectivity index (χ4v) is 3.43. The van der Waals surface area contributed by atoms with Crippen molar-refractivity contribution in [1.29, 1.82) is 0 Å². The van der Waals surface area contributed by atoms with Gasteiger partial charge >= 0.3 is 5.63 Å². The summed E-state index contributed by atoms with van der Waals surface area (Å²) < 4.78 is 5.28. The van der Waals surface area contributed by atoms with Crippen LogP contribution in [0.25, 0.3) is 11.0 Å². The number of anilines is 1. The summed E-state index contributed by atoms with van der Waals surface area (Å²) in [5.41, 5.74) is 1.25. The monoisotopic (exact) mass is 369 g/mol. The normalized spacial score (nSPS) is 10.8. The van der Waals surface area contributed by atoms with Crippen LogP contribution in [0.3, 0.4) is 0 Å². The van der Waals surface area contributed by atoms with Crippen molar-refractivity contribution >= 4 is 34.3 Å². The SMILES string of the molecule is CCCC(=O)Nc1cccc(SCc2cc3ccc(O)cc3oc2=O)c1. The van der Waals surface area contributed by atoms with Gasteiger partial charge < -0.3 is 14.8 Å². The Balaban J connectivity index is 1.74. The summed E-state index contributed by atoms with van der Waals surface area (Å²) in [6, 6.07) is 14.0. The number of hydrogen-bond donors (Lipinski definition) is 2. The van der Waals surface area contributed by atoms with Crippen molar-refractivity contribution in [3.8, 4) is 5.75 Å². The Kier molecular flexibility index (Phi) is 5.63. The fourth-order valence-electron chi connectivity index (χ4n) is 2.52. The maximum atomic E-state index is 12.1. The number of carbonyl (C=O) groups excluding carboxylic acids is 1. The molecular formula is C20H19NO4S. The lowest BCUT2D eigenvalue weighted by atomic mass is 10.2. The second kappa shape index (κ2) is 8.10. The fraction of sp³-hybridized carbons (Fsp3) is 0.200. The van der Waals surface area contributed by atoms with Gasteiger partial charge in [-0.1, -0.05) is 13.0 Å². The molecule has 1 aromatic heterocycles. The average Bonchev–Trinajstić information content (AvgIpc) is 2.60. The number of amides is 1. The number of hydrogen-bond acceptors (Lipinski definition) is 5. The zero-order valence-electron chi connectivity index (χ0n) is 14.3. The molecule has 26 heavy (non-hydrogen) atoms. The average molecular weight is 369 g/mol. The van der Waals surface area contributed by atoms with Crippen molar-refractivity contribution in [3.63, 3.8) is 0 Å². The lowest BCUT2D eigenvalue weighted by Gasteiger charge is -2.07. The predicted molar refractivity (Wildman–Crippen MR) is 104 cm³/mol. The Morgan fingerprint density at radius 2 is 2.04 bits per heavy atom. The highest BCUT2D eigenvalue weighted by Crippen LogP contribution is 2.26. The Labute approximate surface area is 155 Å². The van der Waals surface area contributed by atoms with Gasteiger partial charge in [-0.3, -0.25) is 4.79 Å². The number of benzene rings is 2. The molecule has 0 bridgehead atoms. The lowest BCUT2D eigenvalue weighted by molar-refractivity contribution is -0.116. The first kappa shape index (κ1) is 18.1. The number of nitrogens with one attached hydrogen (secondary N) is 1. The Bertz CT molecular complexity index is 997. The highest BCUT2D eigenvalue weighted by atomic mass is 32.2. The van der Waals surface area contributed by atoms with Crippen molar-refractivity contribution in [3.05, 3.63) is 64.5 Å². The highest BCUT2D eigenvalue weighted by Gasteiger charge is 2.08. The van der Waals surface area contributed by atoms with E-state index in [4.69, 9.17) is 4.42 Å². The second-order valence-electron chi connectivity index (χ2n) is 5.90. The summed E-state index contributed by atoms with van der Waals surface area (Å²) in [5.74, 6) is 0.503. The van der Waals surface area contributed by atoms with Crippen LogP contribution in [0.15, 0.2) is 62.6 Å². The van der Waals surface area contributed by atoms with E-state index in [1.165, 1.54) is 17.8 Å². The zero-order chi connectivity index (χ0) is 18.5. The summed E-state index contributed by atoms with van der Waals surface area (Å²) in [7, 11) is 0. The number of carbonyl (C=O) groups is 1. The maximum absolute atomic E-state index is 12.1. The molecule has 0 saturated carbocycles. The van der Waals surface area contributed by atoms with Gasteiger partial charge in [0.1, 0.15) is 11.3 Å². The van der Waals surface area contributed by atoms with Crippen LogP contribution >= 0.6 is 11.8 Å². The maximum Gasteiger partial charge on any atom is 0.340 e. The van der Waals surface area contributed by atoms with Crippen LogP contribution in [-0.4, -0.2) is 11.0 Å². The minimum atomic E-state index is -0.414. The summed E-state index contributed by atoms with van der Waals surface area (Å²) in [6.45, 7) is 1.96. The molecule has 0 radical (unpaired) electrons. The van der Waals surface area contributed by atoms with Crippen LogP contribution in [0.5, 0.6) is 5.75 Å². The summed E-state index contributed by atoms with van der Waals surface area (Å²) in [5, 5.41) is 13.1. The molecule has 2 N–H and O–H groups in total. The first-order valence-corrected chi connectivity index (χ1v) is 9.32. The molecule has 1 heterocycles. The first-order valence-electron chi connectivity index (χ1n) is 8.33. The van der Waals surface area contributed by atoms with E-state index in [1.54, 1.807) is 18.2 Å². The van der Waals surface area contributed by atoms with Crippen molar-refractivity contribution in [2.24, 2.45) is 0 Å².